The number of fused-ring (bicyclic) bond motifs is 7. The lowest BCUT2D eigenvalue weighted by Crippen LogP contribution is -2.72. The fraction of sp³-hybridized carbons (Fsp3) is 0.750. The lowest BCUT2D eigenvalue weighted by molar-refractivity contribution is -0.259. The number of carbonyl (C=O) groups excluding carboxylic acids is 2. The predicted octanol–water partition coefficient (Wildman–Crippen LogP) is 2.66. The summed E-state index contributed by atoms with van der Waals surface area (Å²) < 4.78 is 60.2. The number of carbonyl (C=O) groups is 2. The van der Waals surface area contributed by atoms with Crippen molar-refractivity contribution >= 4 is 11.6 Å². The van der Waals surface area contributed by atoms with E-state index in [9.17, 15) is 19.8 Å². The summed E-state index contributed by atoms with van der Waals surface area (Å²) in [7, 11) is 0. The Kier molecular flexibility index (Phi) is 4.47. The van der Waals surface area contributed by atoms with Crippen LogP contribution in [-0.4, -0.2) is 63.6 Å². The van der Waals surface area contributed by atoms with Crippen LogP contribution in [0, 0.1) is 22.7 Å². The van der Waals surface area contributed by atoms with Gasteiger partial charge in [-0.3, -0.25) is 9.59 Å². The van der Waals surface area contributed by atoms with E-state index in [1.54, 1.807) is 20.8 Å². The molecule has 4 fully saturated rings. The van der Waals surface area contributed by atoms with Gasteiger partial charge in [0.2, 0.25) is 0 Å². The zero-order valence-corrected chi connectivity index (χ0v) is 19.0. The SMILES string of the molecule is CC1(C)O[C@@H]2C[C@H]3[C@@H]4CC(F)(F)C5=CC(=O)C=C[C@]5(C)[C@@]4(F)[C@@H](O)C[C@]3(C)[C@]2(C(=O)CO)O1. The molecule has 5 rings (SSSR count). The summed E-state index contributed by atoms with van der Waals surface area (Å²) >= 11 is 0. The molecular weight excluding hydrogens is 441 g/mol. The Balaban J connectivity index is 1.69. The maximum Gasteiger partial charge on any atom is 0.271 e. The molecule has 0 amide bonds. The van der Waals surface area contributed by atoms with Gasteiger partial charge in [0.25, 0.3) is 5.92 Å². The number of hydrogen-bond donors (Lipinski definition) is 2. The maximum absolute atomic E-state index is 17.1. The molecule has 9 heteroatoms. The molecule has 0 aromatic rings. The second-order valence-corrected chi connectivity index (χ2v) is 11.2. The molecule has 1 saturated heterocycles. The topological polar surface area (TPSA) is 93.1 Å². The van der Waals surface area contributed by atoms with Crippen LogP contribution in [0.15, 0.2) is 23.8 Å². The van der Waals surface area contributed by atoms with Gasteiger partial charge < -0.3 is 19.7 Å². The highest BCUT2D eigenvalue weighted by Gasteiger charge is 2.81. The minimum atomic E-state index is -3.49. The van der Waals surface area contributed by atoms with Gasteiger partial charge in [0.1, 0.15) is 6.61 Å². The summed E-state index contributed by atoms with van der Waals surface area (Å²) in [5.41, 5.74) is -7.98. The predicted molar refractivity (Wildman–Crippen MR) is 109 cm³/mol. The number of halogens is 3. The number of aliphatic hydroxyl groups is 2. The lowest BCUT2D eigenvalue weighted by Gasteiger charge is -2.63. The summed E-state index contributed by atoms with van der Waals surface area (Å²) in [6, 6.07) is 0. The van der Waals surface area contributed by atoms with Crippen LogP contribution in [0.1, 0.15) is 47.0 Å². The van der Waals surface area contributed by atoms with E-state index in [1.807, 2.05) is 0 Å². The highest BCUT2D eigenvalue weighted by atomic mass is 19.3. The molecule has 0 aromatic carbocycles. The van der Waals surface area contributed by atoms with Gasteiger partial charge in [-0.05, 0) is 51.7 Å². The first-order valence-electron chi connectivity index (χ1n) is 11.3. The molecule has 5 aliphatic rings. The van der Waals surface area contributed by atoms with Crippen LogP contribution in [0.25, 0.3) is 0 Å². The molecule has 6 nitrogen and oxygen atoms in total. The monoisotopic (exact) mass is 470 g/mol. The minimum Gasteiger partial charge on any atom is -0.390 e. The van der Waals surface area contributed by atoms with Gasteiger partial charge in [-0.15, -0.1) is 0 Å². The van der Waals surface area contributed by atoms with E-state index in [0.29, 0.717) is 0 Å². The number of hydrogen-bond acceptors (Lipinski definition) is 6. The molecule has 0 bridgehead atoms. The van der Waals surface area contributed by atoms with Gasteiger partial charge in [0.05, 0.1) is 17.6 Å². The van der Waals surface area contributed by atoms with Crippen LogP contribution in [-0.2, 0) is 19.1 Å². The largest absolute Gasteiger partial charge is 0.390 e. The molecule has 33 heavy (non-hydrogen) atoms. The van der Waals surface area contributed by atoms with Crippen molar-refractivity contribution in [1.82, 2.24) is 0 Å². The van der Waals surface area contributed by atoms with Crippen LogP contribution in [0.4, 0.5) is 13.2 Å². The van der Waals surface area contributed by atoms with Crippen LogP contribution in [0.3, 0.4) is 0 Å². The van der Waals surface area contributed by atoms with Crippen molar-refractivity contribution in [1.29, 1.82) is 0 Å². The summed E-state index contributed by atoms with van der Waals surface area (Å²) in [6.45, 7) is 5.32. The van der Waals surface area contributed by atoms with E-state index in [1.165, 1.54) is 6.92 Å². The molecule has 0 radical (unpaired) electrons. The third-order valence-electron chi connectivity index (χ3n) is 9.20. The number of aliphatic hydroxyl groups excluding tert-OH is 2. The van der Waals surface area contributed by atoms with Crippen molar-refractivity contribution in [2.75, 3.05) is 6.61 Å². The van der Waals surface area contributed by atoms with Gasteiger partial charge in [-0.25, -0.2) is 13.2 Å². The molecule has 3 saturated carbocycles. The quantitative estimate of drug-likeness (QED) is 0.645. The Bertz CT molecular complexity index is 1010. The van der Waals surface area contributed by atoms with Gasteiger partial charge >= 0.3 is 0 Å². The highest BCUT2D eigenvalue weighted by Crippen LogP contribution is 2.73. The van der Waals surface area contributed by atoms with Crippen LogP contribution in [0.5, 0.6) is 0 Å². The van der Waals surface area contributed by atoms with Crippen molar-refractivity contribution < 1.29 is 42.4 Å². The number of alkyl halides is 3. The number of rotatable bonds is 2. The highest BCUT2D eigenvalue weighted by molar-refractivity contribution is 6.01. The Hall–Kier alpha value is -1.55. The molecule has 0 aromatic heterocycles. The molecule has 1 aliphatic heterocycles. The molecular formula is C24H29F3O6. The van der Waals surface area contributed by atoms with Crippen molar-refractivity contribution in [3.05, 3.63) is 23.8 Å². The second kappa shape index (κ2) is 6.36. The molecule has 0 unspecified atom stereocenters. The van der Waals surface area contributed by atoms with Crippen molar-refractivity contribution in [3.63, 3.8) is 0 Å². The van der Waals surface area contributed by atoms with Gasteiger partial charge in [-0.2, -0.15) is 0 Å². The average molecular weight is 470 g/mol. The van der Waals surface area contributed by atoms with Crippen LogP contribution in [0.2, 0.25) is 0 Å². The fourth-order valence-corrected chi connectivity index (χ4v) is 7.95. The maximum atomic E-state index is 17.1. The number of ether oxygens (including phenoxy) is 2. The summed E-state index contributed by atoms with van der Waals surface area (Å²) in [4.78, 5) is 25.0. The average Bonchev–Trinajstić information content (AvgIpc) is 3.12. The van der Waals surface area contributed by atoms with E-state index in [-0.39, 0.29) is 12.8 Å². The first-order valence-corrected chi connectivity index (χ1v) is 11.3. The first kappa shape index (κ1) is 23.2. The number of ketones is 2. The molecule has 1 heterocycles. The number of allylic oxidation sites excluding steroid dienone is 4. The molecule has 4 aliphatic carbocycles. The third-order valence-corrected chi connectivity index (χ3v) is 9.20. The number of Topliss-reactive ketones (excluding diaryl/α,β-unsaturated/α-hetero) is 1. The van der Waals surface area contributed by atoms with Crippen LogP contribution >= 0.6 is 0 Å². The van der Waals surface area contributed by atoms with E-state index in [0.717, 1.165) is 18.2 Å². The molecule has 0 spiro atoms. The Morgan fingerprint density at radius 2 is 1.82 bits per heavy atom. The van der Waals surface area contributed by atoms with E-state index >= 15 is 13.2 Å². The van der Waals surface area contributed by atoms with Gasteiger partial charge in [-0.1, -0.05) is 13.0 Å². The van der Waals surface area contributed by atoms with Gasteiger partial charge in [0, 0.05) is 23.3 Å². The molecule has 182 valence electrons. The van der Waals surface area contributed by atoms with Crippen LogP contribution < -0.4 is 0 Å². The fourth-order valence-electron chi connectivity index (χ4n) is 7.95. The molecule has 8 atom stereocenters. The summed E-state index contributed by atoms with van der Waals surface area (Å²) in [5, 5.41) is 21.1. The van der Waals surface area contributed by atoms with E-state index < -0.39 is 88.0 Å². The Morgan fingerprint density at radius 1 is 1.15 bits per heavy atom. The molecule has 2 N–H and O–H groups in total. The van der Waals surface area contributed by atoms with E-state index in [4.69, 9.17) is 9.47 Å². The normalized spacial score (nSPS) is 51.3. The zero-order chi connectivity index (χ0) is 24.4. The van der Waals surface area contributed by atoms with Crippen molar-refractivity contribution in [2.45, 2.75) is 82.1 Å². The lowest BCUT2D eigenvalue weighted by atomic mass is 9.44. The zero-order valence-electron chi connectivity index (χ0n) is 19.0. The second-order valence-electron chi connectivity index (χ2n) is 11.2. The third kappa shape index (κ3) is 2.49. The minimum absolute atomic E-state index is 0.0720. The smallest absolute Gasteiger partial charge is 0.271 e. The summed E-state index contributed by atoms with van der Waals surface area (Å²) in [5.74, 6) is -8.11. The van der Waals surface area contributed by atoms with Crippen molar-refractivity contribution in [2.24, 2.45) is 22.7 Å². The Labute approximate surface area is 189 Å². The first-order chi connectivity index (χ1) is 15.1. The van der Waals surface area contributed by atoms with Gasteiger partial charge in [0.15, 0.2) is 28.6 Å². The van der Waals surface area contributed by atoms with Crippen molar-refractivity contribution in [3.8, 4) is 0 Å². The van der Waals surface area contributed by atoms with E-state index in [2.05, 4.69) is 0 Å². The summed E-state index contributed by atoms with van der Waals surface area (Å²) in [6.07, 6.45) is -0.685. The Morgan fingerprint density at radius 3 is 2.45 bits per heavy atom. The standard InChI is InChI=1S/C24H29F3O6/c1-19(2)32-18-8-13-14-9-22(25,26)15-7-12(29)5-6-20(15,3)23(14,27)16(30)10-21(13,4)24(18,33-19)17(31)11-28/h5-7,13-14,16,18,28,30H,8-11H2,1-4H3/t13-,14-,16-,18+,20-,21-,23-,24+/m0/s1.